The SMILES string of the molecule is C[C@@H]1[C@H]2C[C@@H](Oc3ccc(C(F)(F)F)cn3)[C@H](C2)N1C(=O)Cc1c(OCCF)ncc2ccccc12. The maximum absolute atomic E-state index is 13.6. The van der Waals surface area contributed by atoms with Gasteiger partial charge in [-0.05, 0) is 37.1 Å². The van der Waals surface area contributed by atoms with Gasteiger partial charge >= 0.3 is 6.18 Å². The fourth-order valence-corrected chi connectivity index (χ4v) is 5.42. The van der Waals surface area contributed by atoms with E-state index in [0.717, 1.165) is 29.5 Å². The van der Waals surface area contributed by atoms with Crippen molar-refractivity contribution in [1.29, 1.82) is 0 Å². The molecule has 190 valence electrons. The number of aromatic nitrogens is 2. The first-order chi connectivity index (χ1) is 17.3. The summed E-state index contributed by atoms with van der Waals surface area (Å²) in [6, 6.07) is 9.41. The highest BCUT2D eigenvalue weighted by molar-refractivity contribution is 5.91. The summed E-state index contributed by atoms with van der Waals surface area (Å²) in [7, 11) is 0. The van der Waals surface area contributed by atoms with Crippen LogP contribution < -0.4 is 9.47 Å². The van der Waals surface area contributed by atoms with Crippen LogP contribution in [0.4, 0.5) is 17.6 Å². The number of benzene rings is 1. The van der Waals surface area contributed by atoms with Gasteiger partial charge in [0.1, 0.15) is 19.4 Å². The standard InChI is InChI=1S/C26H25F4N3O3/c1-15-17-10-21(22(11-17)36-23-7-6-18(14-31-23)26(28,29)30)33(15)24(34)12-20-19-5-3-2-4-16(19)13-32-25(20)35-9-8-27/h2-7,13-15,17,21-22H,8-12H2,1H3/t15-,17-,21+,22-/m1/s1. The van der Waals surface area contributed by atoms with Crippen molar-refractivity contribution >= 4 is 16.7 Å². The number of pyridine rings is 2. The Balaban J connectivity index is 1.36. The first-order valence-corrected chi connectivity index (χ1v) is 11.8. The lowest BCUT2D eigenvalue weighted by molar-refractivity contribution is -0.138. The van der Waals surface area contributed by atoms with E-state index >= 15 is 0 Å². The molecule has 2 fully saturated rings. The molecule has 1 aromatic carbocycles. The number of hydrogen-bond acceptors (Lipinski definition) is 5. The van der Waals surface area contributed by atoms with Crippen molar-refractivity contribution in [3.05, 3.63) is 59.9 Å². The Bertz CT molecular complexity index is 1250. The number of amides is 1. The van der Waals surface area contributed by atoms with Gasteiger partial charge in [0, 0.05) is 35.5 Å². The van der Waals surface area contributed by atoms with E-state index in [1.165, 1.54) is 6.07 Å². The van der Waals surface area contributed by atoms with Crippen molar-refractivity contribution in [2.75, 3.05) is 13.3 Å². The molecule has 1 saturated carbocycles. The molecule has 36 heavy (non-hydrogen) atoms. The van der Waals surface area contributed by atoms with Crippen molar-refractivity contribution in [2.24, 2.45) is 5.92 Å². The van der Waals surface area contributed by atoms with Gasteiger partial charge in [0.15, 0.2) is 0 Å². The fourth-order valence-electron chi connectivity index (χ4n) is 5.42. The van der Waals surface area contributed by atoms with E-state index in [0.29, 0.717) is 12.0 Å². The number of fused-ring (bicyclic) bond motifs is 3. The predicted octanol–water partition coefficient (Wildman–Crippen LogP) is 5.00. The molecule has 5 rings (SSSR count). The summed E-state index contributed by atoms with van der Waals surface area (Å²) in [5.74, 6) is 0.414. The number of halogens is 4. The molecule has 1 aliphatic carbocycles. The number of likely N-dealkylation sites (tertiary alicyclic amines) is 1. The maximum atomic E-state index is 13.6. The van der Waals surface area contributed by atoms with E-state index in [4.69, 9.17) is 9.47 Å². The van der Waals surface area contributed by atoms with Crippen LogP contribution in [0.15, 0.2) is 48.8 Å². The second-order valence-corrected chi connectivity index (χ2v) is 9.22. The van der Waals surface area contributed by atoms with Gasteiger partial charge in [-0.3, -0.25) is 4.79 Å². The Morgan fingerprint density at radius 1 is 1.11 bits per heavy atom. The Morgan fingerprint density at radius 3 is 2.61 bits per heavy atom. The molecule has 0 spiro atoms. The molecule has 3 heterocycles. The van der Waals surface area contributed by atoms with Crippen LogP contribution in [0.2, 0.25) is 0 Å². The number of hydrogen-bond donors (Lipinski definition) is 0. The minimum absolute atomic E-state index is 0.0129. The highest BCUT2D eigenvalue weighted by Gasteiger charge is 2.52. The number of rotatable bonds is 7. The summed E-state index contributed by atoms with van der Waals surface area (Å²) < 4.78 is 62.8. The number of ether oxygens (including phenoxy) is 2. The van der Waals surface area contributed by atoms with Gasteiger partial charge in [0.05, 0.1) is 18.0 Å². The van der Waals surface area contributed by atoms with Crippen LogP contribution in [0.1, 0.15) is 30.9 Å². The van der Waals surface area contributed by atoms with Crippen molar-refractivity contribution in [3.63, 3.8) is 0 Å². The van der Waals surface area contributed by atoms with E-state index < -0.39 is 18.4 Å². The monoisotopic (exact) mass is 503 g/mol. The summed E-state index contributed by atoms with van der Waals surface area (Å²) in [6.07, 6.45) is -0.990. The number of alkyl halides is 4. The molecule has 0 unspecified atom stereocenters. The van der Waals surface area contributed by atoms with Gasteiger partial charge in [0.2, 0.25) is 17.7 Å². The Labute approximate surface area is 205 Å². The summed E-state index contributed by atoms with van der Waals surface area (Å²) >= 11 is 0. The molecule has 2 aromatic heterocycles. The lowest BCUT2D eigenvalue weighted by Gasteiger charge is -2.38. The number of carbonyl (C=O) groups excluding carboxylic acids is 1. The average Bonchev–Trinajstić information content (AvgIpc) is 3.40. The largest absolute Gasteiger partial charge is 0.475 e. The Kier molecular flexibility index (Phi) is 6.44. The van der Waals surface area contributed by atoms with Gasteiger partial charge in [-0.2, -0.15) is 13.2 Å². The Hall–Kier alpha value is -3.43. The van der Waals surface area contributed by atoms with Gasteiger partial charge in [0.25, 0.3) is 0 Å². The zero-order chi connectivity index (χ0) is 25.4. The molecule has 0 N–H and O–H groups in total. The summed E-state index contributed by atoms with van der Waals surface area (Å²) in [4.78, 5) is 23.6. The molecular weight excluding hydrogens is 478 g/mol. The smallest absolute Gasteiger partial charge is 0.417 e. The van der Waals surface area contributed by atoms with Gasteiger partial charge in [-0.25, -0.2) is 14.4 Å². The van der Waals surface area contributed by atoms with Crippen molar-refractivity contribution in [2.45, 2.75) is 50.6 Å². The van der Waals surface area contributed by atoms with E-state index in [1.807, 2.05) is 36.1 Å². The van der Waals surface area contributed by atoms with Crippen LogP contribution >= 0.6 is 0 Å². The van der Waals surface area contributed by atoms with Crippen LogP contribution in [0.3, 0.4) is 0 Å². The normalized spacial score (nSPS) is 23.3. The second-order valence-electron chi connectivity index (χ2n) is 9.22. The minimum Gasteiger partial charge on any atom is -0.475 e. The zero-order valence-corrected chi connectivity index (χ0v) is 19.5. The summed E-state index contributed by atoms with van der Waals surface area (Å²) in [6.45, 7) is 1.16. The van der Waals surface area contributed by atoms with Crippen molar-refractivity contribution in [1.82, 2.24) is 14.9 Å². The highest BCUT2D eigenvalue weighted by Crippen LogP contribution is 2.44. The van der Waals surface area contributed by atoms with Gasteiger partial charge < -0.3 is 14.4 Å². The van der Waals surface area contributed by atoms with Crippen LogP contribution in [-0.4, -0.2) is 52.2 Å². The van der Waals surface area contributed by atoms with E-state index in [2.05, 4.69) is 9.97 Å². The van der Waals surface area contributed by atoms with Crippen LogP contribution in [0.5, 0.6) is 11.8 Å². The summed E-state index contributed by atoms with van der Waals surface area (Å²) in [5, 5.41) is 1.66. The van der Waals surface area contributed by atoms with Crippen molar-refractivity contribution < 1.29 is 31.8 Å². The van der Waals surface area contributed by atoms with Crippen LogP contribution in [0.25, 0.3) is 10.8 Å². The number of carbonyl (C=O) groups is 1. The molecule has 2 bridgehead atoms. The van der Waals surface area contributed by atoms with E-state index in [9.17, 15) is 22.4 Å². The molecule has 6 nitrogen and oxygen atoms in total. The van der Waals surface area contributed by atoms with E-state index in [-0.39, 0.29) is 54.8 Å². The molecule has 1 amide bonds. The molecule has 1 saturated heterocycles. The molecular formula is C26H25F4N3O3. The van der Waals surface area contributed by atoms with Gasteiger partial charge in [-0.15, -0.1) is 0 Å². The molecule has 1 aliphatic heterocycles. The average molecular weight is 503 g/mol. The topological polar surface area (TPSA) is 64.5 Å². The van der Waals surface area contributed by atoms with Crippen molar-refractivity contribution in [3.8, 4) is 11.8 Å². The molecule has 2 aliphatic rings. The van der Waals surface area contributed by atoms with Crippen LogP contribution in [-0.2, 0) is 17.4 Å². The van der Waals surface area contributed by atoms with Crippen LogP contribution in [0, 0.1) is 5.92 Å². The highest BCUT2D eigenvalue weighted by atomic mass is 19.4. The van der Waals surface area contributed by atoms with Gasteiger partial charge in [-0.1, -0.05) is 24.3 Å². The molecule has 4 atom stereocenters. The molecule has 10 heteroatoms. The lowest BCUT2D eigenvalue weighted by Crippen LogP contribution is -2.51. The molecule has 3 aromatic rings. The lowest BCUT2D eigenvalue weighted by atomic mass is 9.97. The predicted molar refractivity (Wildman–Crippen MR) is 123 cm³/mol. The summed E-state index contributed by atoms with van der Waals surface area (Å²) in [5.41, 5.74) is -0.244. The second kappa shape index (κ2) is 9.55. The number of nitrogens with zero attached hydrogens (tertiary/aromatic N) is 3. The Morgan fingerprint density at radius 2 is 1.92 bits per heavy atom. The first-order valence-electron chi connectivity index (χ1n) is 11.8. The third-order valence-electron chi connectivity index (χ3n) is 7.12. The fraction of sp³-hybridized carbons (Fsp3) is 0.423. The zero-order valence-electron chi connectivity index (χ0n) is 19.5. The minimum atomic E-state index is -4.47. The third kappa shape index (κ3) is 4.56. The number of piperidine rings is 1. The molecule has 0 radical (unpaired) electrons. The third-order valence-corrected chi connectivity index (χ3v) is 7.12. The maximum Gasteiger partial charge on any atom is 0.417 e. The van der Waals surface area contributed by atoms with E-state index in [1.54, 1.807) is 6.20 Å². The first kappa shape index (κ1) is 24.3. The quantitative estimate of drug-likeness (QED) is 0.425.